The van der Waals surface area contributed by atoms with Crippen LogP contribution in [0.2, 0.25) is 0 Å². The van der Waals surface area contributed by atoms with Crippen LogP contribution in [0.1, 0.15) is 62.0 Å². The number of anilines is 3. The summed E-state index contributed by atoms with van der Waals surface area (Å²) in [5.41, 5.74) is 8.10. The van der Waals surface area contributed by atoms with Crippen molar-refractivity contribution in [1.29, 1.82) is 5.41 Å². The third-order valence-electron chi connectivity index (χ3n) is 8.14. The molecule has 5 N–H and O–H groups in total. The summed E-state index contributed by atoms with van der Waals surface area (Å²) in [6.07, 6.45) is 7.44. The molecular formula is C30H39N9O3. The standard InChI is InChI=1S/C30H39N9O3/c1-4-7-22(31)24-25(33-3)28(41)37-27(36-24)21-14-20(8-9-23(21)42-5-2)38-13-11-30(17-38)10-6-12-39(18-30)29-34-15-19(16-35-29)26(32)40/h8-9,14-16,31,33H,4-7,10-13,17-18H2,1-3H3,(H2,32,40)(H,36,37,41). The molecule has 12 heteroatoms. The van der Waals surface area contributed by atoms with Crippen molar-refractivity contribution in [1.82, 2.24) is 19.9 Å². The second-order valence-electron chi connectivity index (χ2n) is 11.1. The summed E-state index contributed by atoms with van der Waals surface area (Å²) in [6, 6.07) is 6.02. The highest BCUT2D eigenvalue weighted by Crippen LogP contribution is 2.42. The van der Waals surface area contributed by atoms with Crippen LogP contribution in [0.4, 0.5) is 17.3 Å². The van der Waals surface area contributed by atoms with Gasteiger partial charge in [0.15, 0.2) is 0 Å². The fraction of sp³-hybridized carbons (Fsp3) is 0.467. The van der Waals surface area contributed by atoms with Gasteiger partial charge in [0.25, 0.3) is 11.5 Å². The first kappa shape index (κ1) is 29.0. The summed E-state index contributed by atoms with van der Waals surface area (Å²) < 4.78 is 5.95. The lowest BCUT2D eigenvalue weighted by atomic mass is 9.79. The van der Waals surface area contributed by atoms with Gasteiger partial charge in [-0.1, -0.05) is 13.3 Å². The first-order chi connectivity index (χ1) is 20.3. The van der Waals surface area contributed by atoms with E-state index in [9.17, 15) is 9.59 Å². The minimum absolute atomic E-state index is 0.0755. The molecule has 222 valence electrons. The molecule has 0 saturated carbocycles. The molecule has 2 saturated heterocycles. The van der Waals surface area contributed by atoms with Gasteiger partial charge < -0.3 is 36.0 Å². The molecule has 1 aromatic carbocycles. The minimum atomic E-state index is -0.537. The summed E-state index contributed by atoms with van der Waals surface area (Å²) in [4.78, 5) is 45.5. The van der Waals surface area contributed by atoms with Crippen molar-refractivity contribution < 1.29 is 9.53 Å². The van der Waals surface area contributed by atoms with Gasteiger partial charge >= 0.3 is 0 Å². The highest BCUT2D eigenvalue weighted by Gasteiger charge is 2.42. The molecule has 1 atom stereocenters. The maximum atomic E-state index is 13.0. The second-order valence-corrected chi connectivity index (χ2v) is 11.1. The van der Waals surface area contributed by atoms with Gasteiger partial charge in [0.1, 0.15) is 23.0 Å². The first-order valence-electron chi connectivity index (χ1n) is 14.6. The molecule has 4 heterocycles. The largest absolute Gasteiger partial charge is 0.493 e. The van der Waals surface area contributed by atoms with Crippen molar-refractivity contribution in [2.75, 3.05) is 55.0 Å². The van der Waals surface area contributed by atoms with Crippen molar-refractivity contribution in [3.63, 3.8) is 0 Å². The molecule has 5 rings (SSSR count). The zero-order chi connectivity index (χ0) is 29.9. The summed E-state index contributed by atoms with van der Waals surface area (Å²) in [5, 5.41) is 11.4. The van der Waals surface area contributed by atoms with Gasteiger partial charge in [0, 0.05) is 56.7 Å². The van der Waals surface area contributed by atoms with Gasteiger partial charge in [-0.3, -0.25) is 9.59 Å². The number of H-pyrrole nitrogens is 1. The molecule has 2 fully saturated rings. The predicted molar refractivity (Wildman–Crippen MR) is 164 cm³/mol. The van der Waals surface area contributed by atoms with E-state index in [0.29, 0.717) is 58.8 Å². The van der Waals surface area contributed by atoms with Gasteiger partial charge in [0.2, 0.25) is 5.95 Å². The van der Waals surface area contributed by atoms with Crippen LogP contribution in [0.5, 0.6) is 5.75 Å². The Hall–Kier alpha value is -4.48. The number of ether oxygens (including phenoxy) is 1. The van der Waals surface area contributed by atoms with Gasteiger partial charge in [-0.05, 0) is 50.8 Å². The Balaban J connectivity index is 1.43. The van der Waals surface area contributed by atoms with E-state index in [-0.39, 0.29) is 11.0 Å². The summed E-state index contributed by atoms with van der Waals surface area (Å²) in [7, 11) is 1.67. The maximum Gasteiger partial charge on any atom is 0.275 e. The Bertz CT molecular complexity index is 1520. The number of hydrogen-bond acceptors (Lipinski definition) is 10. The van der Waals surface area contributed by atoms with Crippen LogP contribution >= 0.6 is 0 Å². The summed E-state index contributed by atoms with van der Waals surface area (Å²) >= 11 is 0. The van der Waals surface area contributed by atoms with Crippen LogP contribution in [0.3, 0.4) is 0 Å². The van der Waals surface area contributed by atoms with E-state index in [4.69, 9.17) is 20.9 Å². The molecule has 0 radical (unpaired) electrons. The van der Waals surface area contributed by atoms with Crippen molar-refractivity contribution in [2.24, 2.45) is 11.1 Å². The number of piperidine rings is 1. The van der Waals surface area contributed by atoms with Crippen LogP contribution < -0.4 is 31.1 Å². The lowest BCUT2D eigenvalue weighted by Gasteiger charge is -2.40. The normalized spacial score (nSPS) is 18.4. The predicted octanol–water partition coefficient (Wildman–Crippen LogP) is 3.43. The fourth-order valence-corrected chi connectivity index (χ4v) is 6.08. The molecule has 1 spiro atoms. The average Bonchev–Trinajstić information content (AvgIpc) is 3.39. The maximum absolute atomic E-state index is 13.0. The molecule has 12 nitrogen and oxygen atoms in total. The SMILES string of the molecule is CCCC(=N)c1nc(-c2cc(N3CCC4(CCCN(c5ncc(C(N)=O)cn5)C4)C3)ccc2OCC)[nH]c(=O)c1NC. The van der Waals surface area contributed by atoms with Crippen LogP contribution in [0, 0.1) is 10.8 Å². The number of nitrogens with two attached hydrogens (primary N) is 1. The fourth-order valence-electron chi connectivity index (χ4n) is 6.08. The Morgan fingerprint density at radius 3 is 2.62 bits per heavy atom. The molecule has 0 aliphatic carbocycles. The highest BCUT2D eigenvalue weighted by atomic mass is 16.5. The number of benzene rings is 1. The molecular weight excluding hydrogens is 534 g/mol. The van der Waals surface area contributed by atoms with E-state index in [1.165, 1.54) is 12.4 Å². The van der Waals surface area contributed by atoms with Crippen LogP contribution in [-0.4, -0.2) is 71.4 Å². The molecule has 0 bridgehead atoms. The number of amides is 1. The Morgan fingerprint density at radius 2 is 1.93 bits per heavy atom. The summed E-state index contributed by atoms with van der Waals surface area (Å²) in [5.74, 6) is 1.09. The van der Waals surface area contributed by atoms with Crippen LogP contribution in [-0.2, 0) is 0 Å². The van der Waals surface area contributed by atoms with Gasteiger partial charge in [-0.25, -0.2) is 15.0 Å². The number of carbonyl (C=O) groups is 1. The molecule has 1 unspecified atom stereocenters. The average molecular weight is 574 g/mol. The Kier molecular flexibility index (Phi) is 8.41. The van der Waals surface area contributed by atoms with Gasteiger partial charge in [-0.2, -0.15) is 0 Å². The Morgan fingerprint density at radius 1 is 1.17 bits per heavy atom. The molecule has 1 amide bonds. The topological polar surface area (TPSA) is 166 Å². The smallest absolute Gasteiger partial charge is 0.275 e. The van der Waals surface area contributed by atoms with E-state index in [0.717, 1.165) is 57.5 Å². The molecule has 2 aliphatic heterocycles. The molecule has 3 aromatic rings. The van der Waals surface area contributed by atoms with E-state index in [2.05, 4.69) is 36.1 Å². The number of hydrogen-bond donors (Lipinski definition) is 4. The van der Waals surface area contributed by atoms with Crippen LogP contribution in [0.25, 0.3) is 11.4 Å². The summed E-state index contributed by atoms with van der Waals surface area (Å²) in [6.45, 7) is 7.83. The third-order valence-corrected chi connectivity index (χ3v) is 8.14. The van der Waals surface area contributed by atoms with Gasteiger partial charge in [0.05, 0.1) is 23.4 Å². The number of rotatable bonds is 10. The molecule has 2 aliphatic rings. The minimum Gasteiger partial charge on any atom is -0.493 e. The lowest BCUT2D eigenvalue weighted by Crippen LogP contribution is -2.45. The van der Waals surface area contributed by atoms with Crippen molar-refractivity contribution in [3.05, 3.63) is 52.2 Å². The monoisotopic (exact) mass is 573 g/mol. The van der Waals surface area contributed by atoms with Crippen molar-refractivity contribution >= 4 is 28.9 Å². The number of nitrogens with zero attached hydrogens (tertiary/aromatic N) is 5. The number of nitrogens with one attached hydrogen (secondary N) is 3. The van der Waals surface area contributed by atoms with Crippen molar-refractivity contribution in [2.45, 2.75) is 46.0 Å². The Labute approximate surface area is 245 Å². The zero-order valence-corrected chi connectivity index (χ0v) is 24.5. The zero-order valence-electron chi connectivity index (χ0n) is 24.5. The third kappa shape index (κ3) is 5.79. The van der Waals surface area contributed by atoms with E-state index in [1.807, 2.05) is 26.0 Å². The number of carbonyl (C=O) groups excluding carboxylic acids is 1. The van der Waals surface area contributed by atoms with E-state index in [1.54, 1.807) is 7.05 Å². The lowest BCUT2D eigenvalue weighted by molar-refractivity contribution is 0.0999. The van der Waals surface area contributed by atoms with E-state index >= 15 is 0 Å². The quantitative estimate of drug-likeness (QED) is 0.266. The number of aromatic nitrogens is 4. The number of primary amides is 1. The number of aromatic amines is 1. The van der Waals surface area contributed by atoms with Crippen molar-refractivity contribution in [3.8, 4) is 17.1 Å². The molecule has 2 aromatic heterocycles. The van der Waals surface area contributed by atoms with Crippen LogP contribution in [0.15, 0.2) is 35.4 Å². The highest BCUT2D eigenvalue weighted by molar-refractivity contribution is 6.01. The second kappa shape index (κ2) is 12.2. The van der Waals surface area contributed by atoms with E-state index < -0.39 is 5.91 Å². The molecule has 42 heavy (non-hydrogen) atoms. The van der Waals surface area contributed by atoms with Gasteiger partial charge in [-0.15, -0.1) is 0 Å². The first-order valence-corrected chi connectivity index (χ1v) is 14.6.